The number of aryl methyl sites for hydroxylation is 1. The highest BCUT2D eigenvalue weighted by atomic mass is 16.2. The Bertz CT molecular complexity index is 923. The van der Waals surface area contributed by atoms with Crippen LogP contribution in [0.1, 0.15) is 31.8 Å². The fraction of sp³-hybridized carbons (Fsp3) is 0.0952. The molecule has 0 aliphatic heterocycles. The molecule has 3 rings (SSSR count). The van der Waals surface area contributed by atoms with E-state index in [9.17, 15) is 9.59 Å². The zero-order chi connectivity index (χ0) is 18.4. The average Bonchev–Trinajstić information content (AvgIpc) is 2.68. The van der Waals surface area contributed by atoms with Crippen molar-refractivity contribution in [2.45, 2.75) is 13.5 Å². The fourth-order valence-corrected chi connectivity index (χ4v) is 2.50. The summed E-state index contributed by atoms with van der Waals surface area (Å²) in [6.07, 6.45) is 2.89. The van der Waals surface area contributed by atoms with Crippen molar-refractivity contribution in [3.8, 4) is 0 Å². The van der Waals surface area contributed by atoms with Gasteiger partial charge in [0.2, 0.25) is 0 Å². The Balaban J connectivity index is 1.67. The number of amides is 2. The van der Waals surface area contributed by atoms with Gasteiger partial charge in [0.25, 0.3) is 11.8 Å². The third kappa shape index (κ3) is 4.33. The molecule has 0 bridgehead atoms. The van der Waals surface area contributed by atoms with Gasteiger partial charge in [-0.05, 0) is 36.2 Å². The van der Waals surface area contributed by atoms with Gasteiger partial charge in [0, 0.05) is 24.6 Å². The molecule has 130 valence electrons. The molecular weight excluding hydrogens is 326 g/mol. The van der Waals surface area contributed by atoms with Crippen LogP contribution in [0.15, 0.2) is 73.1 Å². The summed E-state index contributed by atoms with van der Waals surface area (Å²) in [6.45, 7) is 2.42. The lowest BCUT2D eigenvalue weighted by molar-refractivity contribution is 0.0950. The molecule has 1 aromatic heterocycles. The Hall–Kier alpha value is -3.47. The first-order valence-corrected chi connectivity index (χ1v) is 8.27. The number of anilines is 1. The highest BCUT2D eigenvalue weighted by Crippen LogP contribution is 2.10. The van der Waals surface area contributed by atoms with Crippen molar-refractivity contribution in [3.05, 3.63) is 95.3 Å². The van der Waals surface area contributed by atoms with Crippen LogP contribution in [0.5, 0.6) is 0 Å². The van der Waals surface area contributed by atoms with Gasteiger partial charge in [-0.2, -0.15) is 0 Å². The Labute approximate surface area is 152 Å². The molecule has 2 aromatic carbocycles. The molecule has 5 nitrogen and oxygen atoms in total. The predicted octanol–water partition coefficient (Wildman–Crippen LogP) is 3.57. The van der Waals surface area contributed by atoms with Gasteiger partial charge in [0.1, 0.15) is 0 Å². The minimum Gasteiger partial charge on any atom is -0.348 e. The maximum Gasteiger partial charge on any atom is 0.257 e. The Morgan fingerprint density at radius 2 is 1.54 bits per heavy atom. The number of pyridine rings is 1. The number of carbonyl (C=O) groups is 2. The van der Waals surface area contributed by atoms with Crippen molar-refractivity contribution in [2.75, 3.05) is 5.32 Å². The van der Waals surface area contributed by atoms with E-state index < -0.39 is 0 Å². The van der Waals surface area contributed by atoms with Crippen molar-refractivity contribution in [1.82, 2.24) is 10.3 Å². The number of nitrogens with one attached hydrogen (secondary N) is 2. The second kappa shape index (κ2) is 8.07. The van der Waals surface area contributed by atoms with Gasteiger partial charge < -0.3 is 10.6 Å². The van der Waals surface area contributed by atoms with E-state index in [-0.39, 0.29) is 11.8 Å². The third-order valence-corrected chi connectivity index (χ3v) is 3.99. The van der Waals surface area contributed by atoms with Gasteiger partial charge in [0.05, 0.1) is 11.1 Å². The van der Waals surface area contributed by atoms with Crippen LogP contribution >= 0.6 is 0 Å². The van der Waals surface area contributed by atoms with Crippen LogP contribution in [0.2, 0.25) is 0 Å². The monoisotopic (exact) mass is 345 g/mol. The Morgan fingerprint density at radius 3 is 2.27 bits per heavy atom. The number of carbonyl (C=O) groups excluding carboxylic acids is 2. The van der Waals surface area contributed by atoms with Crippen molar-refractivity contribution < 1.29 is 9.59 Å². The summed E-state index contributed by atoms with van der Waals surface area (Å²) in [7, 11) is 0. The molecule has 0 aliphatic rings. The summed E-state index contributed by atoms with van der Waals surface area (Å²) >= 11 is 0. The molecule has 0 atom stereocenters. The van der Waals surface area contributed by atoms with Crippen LogP contribution < -0.4 is 10.6 Å². The van der Waals surface area contributed by atoms with Crippen molar-refractivity contribution >= 4 is 17.5 Å². The molecule has 5 heteroatoms. The van der Waals surface area contributed by atoms with E-state index in [4.69, 9.17) is 0 Å². The molecule has 0 saturated heterocycles. The number of hydrogen-bond acceptors (Lipinski definition) is 3. The molecule has 0 aliphatic carbocycles. The smallest absolute Gasteiger partial charge is 0.257 e. The zero-order valence-corrected chi connectivity index (χ0v) is 14.4. The first kappa shape index (κ1) is 17.4. The topological polar surface area (TPSA) is 71.1 Å². The van der Waals surface area contributed by atoms with Gasteiger partial charge in [-0.1, -0.05) is 42.5 Å². The zero-order valence-electron chi connectivity index (χ0n) is 14.4. The van der Waals surface area contributed by atoms with Crippen LogP contribution in [-0.2, 0) is 6.54 Å². The predicted molar refractivity (Wildman–Crippen MR) is 101 cm³/mol. The van der Waals surface area contributed by atoms with Crippen LogP contribution in [0.25, 0.3) is 0 Å². The van der Waals surface area contributed by atoms with Gasteiger partial charge in [0.15, 0.2) is 0 Å². The van der Waals surface area contributed by atoms with Crippen LogP contribution in [0, 0.1) is 6.92 Å². The quantitative estimate of drug-likeness (QED) is 0.742. The molecule has 0 radical (unpaired) electrons. The van der Waals surface area contributed by atoms with Crippen molar-refractivity contribution in [2.24, 2.45) is 0 Å². The first-order valence-electron chi connectivity index (χ1n) is 8.27. The fourth-order valence-electron chi connectivity index (χ4n) is 2.50. The van der Waals surface area contributed by atoms with E-state index in [1.807, 2.05) is 49.4 Å². The summed E-state index contributed by atoms with van der Waals surface area (Å²) < 4.78 is 0. The lowest BCUT2D eigenvalue weighted by Gasteiger charge is -2.09. The summed E-state index contributed by atoms with van der Waals surface area (Å²) in [5.74, 6) is -0.577. The van der Waals surface area contributed by atoms with Crippen LogP contribution in [0.3, 0.4) is 0 Å². The molecular formula is C21H19N3O2. The molecule has 3 aromatic rings. The molecule has 26 heavy (non-hydrogen) atoms. The minimum absolute atomic E-state index is 0.268. The maximum atomic E-state index is 12.4. The lowest BCUT2D eigenvalue weighted by atomic mass is 10.1. The summed E-state index contributed by atoms with van der Waals surface area (Å²) in [5, 5.41) is 5.64. The number of rotatable bonds is 5. The standard InChI is InChI=1S/C21H19N3O2/c1-15-7-5-6-8-16(15)14-23-20(25)17-11-18(13-22-12-17)21(26)24-19-9-3-2-4-10-19/h2-13H,14H2,1H3,(H,23,25)(H,24,26). The number of nitrogens with zero attached hydrogens (tertiary/aromatic N) is 1. The van der Waals surface area contributed by atoms with E-state index in [0.717, 1.165) is 11.1 Å². The molecule has 2 N–H and O–H groups in total. The highest BCUT2D eigenvalue weighted by molar-refractivity contribution is 6.05. The van der Waals surface area contributed by atoms with Crippen molar-refractivity contribution in [3.63, 3.8) is 0 Å². The van der Waals surface area contributed by atoms with Crippen LogP contribution in [0.4, 0.5) is 5.69 Å². The number of hydrogen-bond donors (Lipinski definition) is 2. The minimum atomic E-state index is -0.308. The molecule has 1 heterocycles. The van der Waals surface area contributed by atoms with Crippen LogP contribution in [-0.4, -0.2) is 16.8 Å². The van der Waals surface area contributed by atoms with Gasteiger partial charge in [-0.25, -0.2) is 0 Å². The average molecular weight is 345 g/mol. The maximum absolute atomic E-state index is 12.4. The number of para-hydroxylation sites is 1. The summed E-state index contributed by atoms with van der Waals surface area (Å²) in [4.78, 5) is 28.7. The van der Waals surface area contributed by atoms with Gasteiger partial charge in [-0.3, -0.25) is 14.6 Å². The molecule has 0 fully saturated rings. The Kier molecular flexibility index (Phi) is 5.39. The summed E-state index contributed by atoms with van der Waals surface area (Å²) in [5.41, 5.74) is 3.53. The SMILES string of the molecule is Cc1ccccc1CNC(=O)c1cncc(C(=O)Nc2ccccc2)c1. The molecule has 0 saturated carbocycles. The van der Waals surface area contributed by atoms with Crippen molar-refractivity contribution in [1.29, 1.82) is 0 Å². The van der Waals surface area contributed by atoms with Gasteiger partial charge >= 0.3 is 0 Å². The normalized spacial score (nSPS) is 10.2. The summed E-state index contributed by atoms with van der Waals surface area (Å²) in [6, 6.07) is 18.5. The lowest BCUT2D eigenvalue weighted by Crippen LogP contribution is -2.24. The second-order valence-corrected chi connectivity index (χ2v) is 5.89. The van der Waals surface area contributed by atoms with Gasteiger partial charge in [-0.15, -0.1) is 0 Å². The largest absolute Gasteiger partial charge is 0.348 e. The van der Waals surface area contributed by atoms with E-state index in [1.54, 1.807) is 18.2 Å². The number of aromatic nitrogens is 1. The molecule has 0 spiro atoms. The Morgan fingerprint density at radius 1 is 0.885 bits per heavy atom. The van der Waals surface area contributed by atoms with E-state index in [1.165, 1.54) is 12.4 Å². The van der Waals surface area contributed by atoms with E-state index in [0.29, 0.717) is 23.4 Å². The molecule has 0 unspecified atom stereocenters. The second-order valence-electron chi connectivity index (χ2n) is 5.89. The first-order chi connectivity index (χ1) is 12.6. The third-order valence-electron chi connectivity index (χ3n) is 3.99. The number of benzene rings is 2. The molecule has 2 amide bonds. The van der Waals surface area contributed by atoms with E-state index >= 15 is 0 Å². The highest BCUT2D eigenvalue weighted by Gasteiger charge is 2.12. The van der Waals surface area contributed by atoms with E-state index in [2.05, 4.69) is 15.6 Å².